The Bertz CT molecular complexity index is 1280. The van der Waals surface area contributed by atoms with E-state index in [-0.39, 0.29) is 49.6 Å². The summed E-state index contributed by atoms with van der Waals surface area (Å²) >= 11 is 0. The number of aromatic nitrogens is 1. The van der Waals surface area contributed by atoms with Gasteiger partial charge in [-0.15, -0.1) is 0 Å². The molecule has 10 nitrogen and oxygen atoms in total. The zero-order chi connectivity index (χ0) is 28.4. The van der Waals surface area contributed by atoms with Gasteiger partial charge in [-0.25, -0.2) is 23.4 Å². The highest BCUT2D eigenvalue weighted by Crippen LogP contribution is 2.23. The molecule has 0 saturated heterocycles. The number of hydrogen-bond donors (Lipinski definition) is 2. The Hall–Kier alpha value is -4.39. The summed E-state index contributed by atoms with van der Waals surface area (Å²) in [6, 6.07) is 9.76. The highest BCUT2D eigenvalue weighted by molar-refractivity contribution is 5.84. The van der Waals surface area contributed by atoms with E-state index in [1.54, 1.807) is 0 Å². The molecule has 208 valence electrons. The number of hydrogen-bond acceptors (Lipinski definition) is 8. The van der Waals surface area contributed by atoms with Crippen LogP contribution in [-0.4, -0.2) is 47.9 Å². The van der Waals surface area contributed by atoms with E-state index < -0.39 is 41.5 Å². The third kappa shape index (κ3) is 8.57. The van der Waals surface area contributed by atoms with Crippen molar-refractivity contribution in [1.82, 2.24) is 15.6 Å². The molecular weight excluding hydrogens is 521 g/mol. The molecule has 0 aliphatic rings. The van der Waals surface area contributed by atoms with Gasteiger partial charge in [0.15, 0.2) is 23.2 Å². The summed E-state index contributed by atoms with van der Waals surface area (Å²) in [6.45, 7) is 0.705. The number of nitrogens with zero attached hydrogens (tertiary/aromatic N) is 2. The average Bonchev–Trinajstić information content (AvgIpc) is 3.37. The number of amides is 2. The molecule has 2 aromatic carbocycles. The Morgan fingerprint density at radius 2 is 1.85 bits per heavy atom. The molecule has 2 N–H and O–H groups in total. The normalized spacial score (nSPS) is 11.5. The first kappa shape index (κ1) is 29.2. The van der Waals surface area contributed by atoms with Crippen LogP contribution in [0.2, 0.25) is 0 Å². The number of esters is 1. The molecule has 0 spiro atoms. The topological polar surface area (TPSA) is 123 Å². The van der Waals surface area contributed by atoms with Crippen LogP contribution in [0.15, 0.2) is 53.1 Å². The quantitative estimate of drug-likeness (QED) is 0.249. The largest absolute Gasteiger partial charge is 0.469 e. The van der Waals surface area contributed by atoms with E-state index in [1.165, 1.54) is 56.5 Å². The van der Waals surface area contributed by atoms with Crippen LogP contribution in [0.1, 0.15) is 31.7 Å². The fraction of sp³-hybridized carbons (Fsp3) is 0.308. The fourth-order valence-corrected chi connectivity index (χ4v) is 3.62. The number of hydrazine groups is 1. The lowest BCUT2D eigenvalue weighted by Crippen LogP contribution is -2.50. The maximum Gasteiger partial charge on any atom is 0.412 e. The molecule has 0 saturated carbocycles. The molecule has 39 heavy (non-hydrogen) atoms. The Morgan fingerprint density at radius 3 is 2.54 bits per heavy atom. The second-order valence-electron chi connectivity index (χ2n) is 8.37. The van der Waals surface area contributed by atoms with Gasteiger partial charge in [0.05, 0.1) is 13.2 Å². The molecular formula is C26H27F3N4O6. The summed E-state index contributed by atoms with van der Waals surface area (Å²) in [4.78, 5) is 36.4. The summed E-state index contributed by atoms with van der Waals surface area (Å²) < 4.78 is 55.9. The number of ether oxygens (including phenoxy) is 2. The molecule has 13 heteroatoms. The zero-order valence-corrected chi connectivity index (χ0v) is 21.2. The number of halogens is 3. The van der Waals surface area contributed by atoms with Crippen LogP contribution >= 0.6 is 0 Å². The second-order valence-corrected chi connectivity index (χ2v) is 8.37. The highest BCUT2D eigenvalue weighted by Gasteiger charge is 2.24. The number of nitrogens with one attached hydrogen (secondary N) is 2. The van der Waals surface area contributed by atoms with E-state index in [9.17, 15) is 27.6 Å². The molecule has 3 rings (SSSR count). The zero-order valence-electron chi connectivity index (χ0n) is 21.2. The van der Waals surface area contributed by atoms with Crippen LogP contribution in [0, 0.1) is 17.5 Å². The number of anilines is 1. The van der Waals surface area contributed by atoms with Crippen LogP contribution < -0.4 is 10.7 Å². The van der Waals surface area contributed by atoms with E-state index in [1.807, 2.05) is 0 Å². The van der Waals surface area contributed by atoms with Crippen molar-refractivity contribution >= 4 is 23.8 Å². The fourth-order valence-electron chi connectivity index (χ4n) is 3.62. The minimum Gasteiger partial charge on any atom is -0.469 e. The van der Waals surface area contributed by atoms with Crippen LogP contribution in [0.25, 0.3) is 11.3 Å². The number of carbonyl (C=O) groups is 3. The van der Waals surface area contributed by atoms with Gasteiger partial charge in [-0.1, -0.05) is 17.3 Å². The van der Waals surface area contributed by atoms with Crippen molar-refractivity contribution in [2.45, 2.75) is 38.8 Å². The predicted octanol–water partition coefficient (Wildman–Crippen LogP) is 4.57. The van der Waals surface area contributed by atoms with E-state index in [2.05, 4.69) is 20.6 Å². The van der Waals surface area contributed by atoms with Crippen molar-refractivity contribution in [3.63, 3.8) is 0 Å². The van der Waals surface area contributed by atoms with Crippen molar-refractivity contribution in [2.75, 3.05) is 19.0 Å². The molecule has 2 amide bonds. The lowest BCUT2D eigenvalue weighted by atomic mass is 10.1. The van der Waals surface area contributed by atoms with Gasteiger partial charge in [0.2, 0.25) is 5.91 Å². The van der Waals surface area contributed by atoms with E-state index in [4.69, 9.17) is 9.26 Å². The Labute approximate surface area is 222 Å². The van der Waals surface area contributed by atoms with E-state index >= 15 is 0 Å². The SMILES string of the molecule is COC(=O)CCC[C@@H](COC(=O)Nc1cc(-c2ccc(F)cc2)on1)N(NCc1cccc(F)c1F)C(C)=O. The number of rotatable bonds is 12. The monoisotopic (exact) mass is 548 g/mol. The lowest BCUT2D eigenvalue weighted by molar-refractivity contribution is -0.140. The third-order valence-corrected chi connectivity index (χ3v) is 5.60. The van der Waals surface area contributed by atoms with Crippen LogP contribution in [0.4, 0.5) is 23.8 Å². The summed E-state index contributed by atoms with van der Waals surface area (Å²) in [6.07, 6.45) is -0.369. The van der Waals surface area contributed by atoms with Crippen molar-refractivity contribution in [1.29, 1.82) is 0 Å². The molecule has 0 unspecified atom stereocenters. The number of carbonyl (C=O) groups excluding carboxylic acids is 3. The minimum atomic E-state index is -1.06. The summed E-state index contributed by atoms with van der Waals surface area (Å²) in [5, 5.41) is 7.26. The van der Waals surface area contributed by atoms with Crippen molar-refractivity contribution < 1.29 is 41.6 Å². The maximum atomic E-state index is 14.1. The van der Waals surface area contributed by atoms with Crippen molar-refractivity contribution in [3.8, 4) is 11.3 Å². The van der Waals surface area contributed by atoms with Gasteiger partial charge in [0.25, 0.3) is 0 Å². The molecule has 3 aromatic rings. The molecule has 0 aliphatic carbocycles. The molecule has 1 aromatic heterocycles. The molecule has 1 atom stereocenters. The lowest BCUT2D eigenvalue weighted by Gasteiger charge is -2.31. The van der Waals surface area contributed by atoms with Crippen LogP contribution in [0.3, 0.4) is 0 Å². The first-order valence-corrected chi connectivity index (χ1v) is 11.9. The van der Waals surface area contributed by atoms with Gasteiger partial charge >= 0.3 is 12.1 Å². The van der Waals surface area contributed by atoms with Crippen LogP contribution in [-0.2, 0) is 25.6 Å². The number of methoxy groups -OCH3 is 1. The highest BCUT2D eigenvalue weighted by atomic mass is 19.2. The average molecular weight is 549 g/mol. The molecule has 1 heterocycles. The second kappa shape index (κ2) is 14.0. The van der Waals surface area contributed by atoms with E-state index in [0.717, 1.165) is 11.1 Å². The Balaban J connectivity index is 1.65. The first-order valence-electron chi connectivity index (χ1n) is 11.9. The summed E-state index contributed by atoms with van der Waals surface area (Å²) in [5.74, 6) is -3.14. The van der Waals surface area contributed by atoms with E-state index in [0.29, 0.717) is 5.56 Å². The van der Waals surface area contributed by atoms with Gasteiger partial charge in [-0.3, -0.25) is 19.9 Å². The van der Waals surface area contributed by atoms with Crippen molar-refractivity contribution in [2.24, 2.45) is 0 Å². The molecule has 0 radical (unpaired) electrons. The molecule has 0 fully saturated rings. The van der Waals surface area contributed by atoms with Crippen molar-refractivity contribution in [3.05, 3.63) is 71.5 Å². The Morgan fingerprint density at radius 1 is 1.10 bits per heavy atom. The van der Waals surface area contributed by atoms with Gasteiger partial charge in [-0.05, 0) is 43.2 Å². The third-order valence-electron chi connectivity index (χ3n) is 5.60. The van der Waals surface area contributed by atoms with Crippen LogP contribution in [0.5, 0.6) is 0 Å². The molecule has 0 aliphatic heterocycles. The van der Waals surface area contributed by atoms with Gasteiger partial charge in [0, 0.05) is 37.1 Å². The Kier molecular flexibility index (Phi) is 10.4. The standard InChI is InChI=1S/C26H27F3N4O6/c1-16(34)33(30-14-18-5-3-7-21(28)25(18)29)20(6-4-8-24(35)37-2)15-38-26(36)31-23-13-22(39-32-23)17-9-11-19(27)12-10-17/h3,5,7,9-13,20,30H,4,6,8,14-15H2,1-2H3,(H,31,32,36)/t20-/m0/s1. The first-order chi connectivity index (χ1) is 18.7. The smallest absolute Gasteiger partial charge is 0.412 e. The summed E-state index contributed by atoms with van der Waals surface area (Å²) in [5.41, 5.74) is 3.27. The minimum absolute atomic E-state index is 0.0174. The number of benzene rings is 2. The maximum absolute atomic E-state index is 14.1. The van der Waals surface area contributed by atoms with Gasteiger partial charge < -0.3 is 14.0 Å². The summed E-state index contributed by atoms with van der Waals surface area (Å²) in [7, 11) is 1.25. The molecule has 0 bridgehead atoms. The predicted molar refractivity (Wildman–Crippen MR) is 132 cm³/mol. The van der Waals surface area contributed by atoms with Gasteiger partial charge in [0.1, 0.15) is 12.4 Å². The van der Waals surface area contributed by atoms with Gasteiger partial charge in [-0.2, -0.15) is 0 Å².